The zero-order chi connectivity index (χ0) is 14.2. The van der Waals surface area contributed by atoms with Crippen LogP contribution < -0.4 is 5.32 Å². The normalized spacial score (nSPS) is 11.7. The predicted molar refractivity (Wildman–Crippen MR) is 62.2 cm³/mol. The molecule has 4 nitrogen and oxygen atoms in total. The lowest BCUT2D eigenvalue weighted by Gasteiger charge is -2.23. The van der Waals surface area contributed by atoms with Crippen molar-refractivity contribution in [2.45, 2.75) is 13.1 Å². The monoisotopic (exact) mass is 268 g/mol. The summed E-state index contributed by atoms with van der Waals surface area (Å²) < 4.78 is 41.7. The molecule has 0 saturated carbocycles. The summed E-state index contributed by atoms with van der Waals surface area (Å²) in [5.41, 5.74) is 0.0252. The first-order valence-corrected chi connectivity index (χ1v) is 5.58. The lowest BCUT2D eigenvalue weighted by molar-refractivity contribution is -0.147. The van der Waals surface area contributed by atoms with Gasteiger partial charge in [-0.05, 0) is 14.0 Å². The van der Waals surface area contributed by atoms with Crippen molar-refractivity contribution >= 4 is 5.97 Å². The van der Waals surface area contributed by atoms with E-state index in [-0.39, 0.29) is 25.3 Å². The van der Waals surface area contributed by atoms with Crippen LogP contribution in [0.15, 0.2) is 12.2 Å². The summed E-state index contributed by atoms with van der Waals surface area (Å²) in [6.07, 6.45) is -4.30. The summed E-state index contributed by atoms with van der Waals surface area (Å²) in [5.74, 6) is -0.658. The number of hydrogen-bond donors (Lipinski definition) is 1. The van der Waals surface area contributed by atoms with Crippen LogP contribution in [-0.4, -0.2) is 56.9 Å². The first-order chi connectivity index (χ1) is 8.30. The van der Waals surface area contributed by atoms with Crippen LogP contribution in [0, 0.1) is 0 Å². The molecular formula is C11H19F3N2O2. The number of carbonyl (C=O) groups excluding carboxylic acids is 1. The molecule has 0 aromatic carbocycles. The van der Waals surface area contributed by atoms with E-state index in [0.717, 1.165) is 4.90 Å². The van der Waals surface area contributed by atoms with Gasteiger partial charge in [0.2, 0.25) is 0 Å². The first-order valence-electron chi connectivity index (χ1n) is 5.58. The fourth-order valence-electron chi connectivity index (χ4n) is 1.31. The number of hydrogen-bond acceptors (Lipinski definition) is 4. The summed E-state index contributed by atoms with van der Waals surface area (Å²) in [6.45, 7) is 4.59. The Hall–Kier alpha value is -1.08. The summed E-state index contributed by atoms with van der Waals surface area (Å²) >= 11 is 0. The van der Waals surface area contributed by atoms with Crippen LogP contribution in [0.3, 0.4) is 0 Å². The van der Waals surface area contributed by atoms with Crippen molar-refractivity contribution in [2.24, 2.45) is 0 Å². The van der Waals surface area contributed by atoms with E-state index >= 15 is 0 Å². The van der Waals surface area contributed by atoms with Gasteiger partial charge in [0.15, 0.2) is 0 Å². The third-order valence-corrected chi connectivity index (χ3v) is 2.06. The third-order valence-electron chi connectivity index (χ3n) is 2.06. The lowest BCUT2D eigenvalue weighted by Crippen LogP contribution is -2.40. The molecule has 0 saturated heterocycles. The highest BCUT2D eigenvalue weighted by Gasteiger charge is 2.31. The number of carbonyl (C=O) groups is 1. The van der Waals surface area contributed by atoms with Gasteiger partial charge in [0.1, 0.15) is 0 Å². The van der Waals surface area contributed by atoms with Gasteiger partial charge in [-0.15, -0.1) is 0 Å². The molecule has 0 rings (SSSR count). The zero-order valence-corrected chi connectivity index (χ0v) is 10.6. The molecule has 0 bridgehead atoms. The van der Waals surface area contributed by atoms with Crippen molar-refractivity contribution in [1.82, 2.24) is 10.2 Å². The quantitative estimate of drug-likeness (QED) is 0.530. The number of nitrogens with one attached hydrogen (secondary N) is 1. The molecule has 7 heteroatoms. The number of rotatable bonds is 8. The van der Waals surface area contributed by atoms with Crippen molar-refractivity contribution in [2.75, 3.05) is 39.8 Å². The van der Waals surface area contributed by atoms with Crippen molar-refractivity contribution in [3.8, 4) is 0 Å². The molecular weight excluding hydrogens is 249 g/mol. The molecule has 0 amide bonds. The highest BCUT2D eigenvalue weighted by Crippen LogP contribution is 2.17. The average Bonchev–Trinajstić information content (AvgIpc) is 2.24. The van der Waals surface area contributed by atoms with Crippen LogP contribution in [0.5, 0.6) is 0 Å². The van der Waals surface area contributed by atoms with Gasteiger partial charge in [-0.1, -0.05) is 6.58 Å². The second kappa shape index (κ2) is 8.10. The number of alkyl halides is 3. The summed E-state index contributed by atoms with van der Waals surface area (Å²) in [5, 5.41) is 2.76. The Labute approximate surface area is 105 Å². The molecule has 0 spiro atoms. The van der Waals surface area contributed by atoms with Crippen LogP contribution in [0.1, 0.15) is 6.92 Å². The molecule has 0 aromatic heterocycles. The largest absolute Gasteiger partial charge is 0.463 e. The van der Waals surface area contributed by atoms with E-state index in [1.165, 1.54) is 0 Å². The van der Waals surface area contributed by atoms with Crippen LogP contribution in [0.25, 0.3) is 0 Å². The maximum Gasteiger partial charge on any atom is 0.401 e. The van der Waals surface area contributed by atoms with E-state index in [1.54, 1.807) is 14.0 Å². The van der Waals surface area contributed by atoms with Gasteiger partial charge in [0.25, 0.3) is 0 Å². The van der Waals surface area contributed by atoms with Crippen molar-refractivity contribution in [3.05, 3.63) is 12.2 Å². The van der Waals surface area contributed by atoms with Crippen LogP contribution in [-0.2, 0) is 9.53 Å². The van der Waals surface area contributed by atoms with E-state index in [1.807, 2.05) is 0 Å². The second-order valence-electron chi connectivity index (χ2n) is 3.75. The van der Waals surface area contributed by atoms with Crippen LogP contribution >= 0.6 is 0 Å². The highest BCUT2D eigenvalue weighted by molar-refractivity contribution is 5.88. The highest BCUT2D eigenvalue weighted by atomic mass is 19.4. The van der Waals surface area contributed by atoms with Crippen molar-refractivity contribution in [3.63, 3.8) is 0 Å². The lowest BCUT2D eigenvalue weighted by atomic mass is 10.2. The summed E-state index contributed by atoms with van der Waals surface area (Å²) in [7, 11) is 1.64. The molecule has 18 heavy (non-hydrogen) atoms. The maximum absolute atomic E-state index is 12.3. The fourth-order valence-corrected chi connectivity index (χ4v) is 1.31. The number of nitrogens with zero attached hydrogens (tertiary/aromatic N) is 1. The Kier molecular flexibility index (Phi) is 7.61. The molecule has 1 N–H and O–H groups in total. The minimum absolute atomic E-state index is 0.0252. The number of ether oxygens (including phenoxy) is 1. The SMILES string of the molecule is C=C(CN(CCNC)CC(F)(F)F)C(=O)OCC. The number of esters is 1. The molecule has 0 radical (unpaired) electrons. The Morgan fingerprint density at radius 1 is 1.44 bits per heavy atom. The van der Waals surface area contributed by atoms with Crippen LogP contribution in [0.2, 0.25) is 0 Å². The van der Waals surface area contributed by atoms with Gasteiger partial charge in [0, 0.05) is 25.2 Å². The first kappa shape index (κ1) is 16.9. The molecule has 0 aliphatic heterocycles. The molecule has 0 aliphatic carbocycles. The van der Waals surface area contributed by atoms with E-state index in [4.69, 9.17) is 0 Å². The van der Waals surface area contributed by atoms with Crippen molar-refractivity contribution in [1.29, 1.82) is 0 Å². The zero-order valence-electron chi connectivity index (χ0n) is 10.6. The predicted octanol–water partition coefficient (Wildman–Crippen LogP) is 1.19. The van der Waals surface area contributed by atoms with Gasteiger partial charge < -0.3 is 10.1 Å². The van der Waals surface area contributed by atoms with Gasteiger partial charge >= 0.3 is 12.1 Å². The molecule has 0 fully saturated rings. The second-order valence-corrected chi connectivity index (χ2v) is 3.75. The van der Waals surface area contributed by atoms with Crippen molar-refractivity contribution < 1.29 is 22.7 Å². The Bertz CT molecular complexity index is 280. The number of halogens is 3. The minimum atomic E-state index is -4.30. The van der Waals surface area contributed by atoms with E-state index in [0.29, 0.717) is 6.54 Å². The van der Waals surface area contributed by atoms with Crippen LogP contribution in [0.4, 0.5) is 13.2 Å². The third kappa shape index (κ3) is 8.08. The van der Waals surface area contributed by atoms with Gasteiger partial charge in [-0.3, -0.25) is 4.90 Å². The van der Waals surface area contributed by atoms with E-state index in [2.05, 4.69) is 16.6 Å². The summed E-state index contributed by atoms with van der Waals surface area (Å²) in [6, 6.07) is 0. The average molecular weight is 268 g/mol. The molecule has 0 atom stereocenters. The standard InChI is InChI=1S/C11H19F3N2O2/c1-4-18-10(17)9(2)7-16(6-5-15-3)8-11(12,13)14/h15H,2,4-8H2,1,3H3. The van der Waals surface area contributed by atoms with Gasteiger partial charge in [0.05, 0.1) is 13.2 Å². The van der Waals surface area contributed by atoms with Gasteiger partial charge in [-0.25, -0.2) is 4.79 Å². The minimum Gasteiger partial charge on any atom is -0.463 e. The Morgan fingerprint density at radius 3 is 2.50 bits per heavy atom. The van der Waals surface area contributed by atoms with Gasteiger partial charge in [-0.2, -0.15) is 13.2 Å². The maximum atomic E-state index is 12.3. The molecule has 0 heterocycles. The summed E-state index contributed by atoms with van der Waals surface area (Å²) in [4.78, 5) is 12.4. The molecule has 0 aromatic rings. The number of likely N-dealkylation sites (N-methyl/N-ethyl adjacent to an activating group) is 1. The van der Waals surface area contributed by atoms with E-state index in [9.17, 15) is 18.0 Å². The Balaban J connectivity index is 4.39. The van der Waals surface area contributed by atoms with E-state index < -0.39 is 18.7 Å². The molecule has 0 unspecified atom stereocenters. The fraction of sp³-hybridized carbons (Fsp3) is 0.727. The smallest absolute Gasteiger partial charge is 0.401 e. The molecule has 0 aliphatic rings. The Morgan fingerprint density at radius 2 is 2.06 bits per heavy atom. The topological polar surface area (TPSA) is 41.6 Å². The molecule has 106 valence electrons.